The fourth-order valence-corrected chi connectivity index (χ4v) is 2.29. The van der Waals surface area contributed by atoms with Gasteiger partial charge in [-0.15, -0.1) is 0 Å². The highest BCUT2D eigenvalue weighted by molar-refractivity contribution is 6.03. The molecule has 0 radical (unpaired) electrons. The number of hydrogen-bond donors (Lipinski definition) is 1. The Morgan fingerprint density at radius 1 is 1.13 bits per heavy atom. The van der Waals surface area contributed by atoms with Gasteiger partial charge in [-0.3, -0.25) is 4.79 Å². The largest absolute Gasteiger partial charge is 0.493 e. The van der Waals surface area contributed by atoms with Crippen LogP contribution in [0.1, 0.15) is 16.2 Å². The Hall–Kier alpha value is -3.09. The number of amides is 1. The zero-order valence-corrected chi connectivity index (χ0v) is 13.0. The van der Waals surface area contributed by atoms with Gasteiger partial charge in [0.1, 0.15) is 5.69 Å². The Balaban J connectivity index is 1.88. The van der Waals surface area contributed by atoms with Gasteiger partial charge in [0.2, 0.25) is 0 Å². The molecule has 0 unspecified atom stereocenters. The molecule has 2 heterocycles. The van der Waals surface area contributed by atoms with Gasteiger partial charge < -0.3 is 14.8 Å². The maximum atomic E-state index is 12.4. The lowest BCUT2D eigenvalue weighted by Crippen LogP contribution is -2.15. The minimum atomic E-state index is -0.302. The topological polar surface area (TPSA) is 77.8 Å². The molecule has 23 heavy (non-hydrogen) atoms. The first-order chi connectivity index (χ1) is 11.1. The van der Waals surface area contributed by atoms with Gasteiger partial charge >= 0.3 is 0 Å². The minimum absolute atomic E-state index is 0.302. The standard InChI is InChI=1S/C16H16N4O3/c1-10-8-12(19-15-6-7-17-20(10)15)16(21)18-11-4-5-13(22-2)14(9-11)23-3/h4-9H,1-3H3,(H,18,21). The van der Waals surface area contributed by atoms with E-state index in [1.54, 1.807) is 55.3 Å². The zero-order valence-electron chi connectivity index (χ0n) is 13.0. The van der Waals surface area contributed by atoms with E-state index in [1.165, 1.54) is 0 Å². The smallest absolute Gasteiger partial charge is 0.274 e. The van der Waals surface area contributed by atoms with Crippen LogP contribution in [-0.4, -0.2) is 34.7 Å². The third-order valence-electron chi connectivity index (χ3n) is 3.41. The van der Waals surface area contributed by atoms with Crippen molar-refractivity contribution in [3.8, 4) is 11.5 Å². The van der Waals surface area contributed by atoms with Gasteiger partial charge in [0.05, 0.1) is 20.4 Å². The molecule has 1 amide bonds. The Kier molecular flexibility index (Phi) is 3.84. The highest BCUT2D eigenvalue weighted by atomic mass is 16.5. The number of methoxy groups -OCH3 is 2. The molecule has 0 aliphatic heterocycles. The van der Waals surface area contributed by atoms with Crippen LogP contribution in [-0.2, 0) is 0 Å². The molecule has 2 aromatic heterocycles. The quantitative estimate of drug-likeness (QED) is 0.800. The molecule has 7 heteroatoms. The number of nitrogens with zero attached hydrogens (tertiary/aromatic N) is 3. The summed E-state index contributed by atoms with van der Waals surface area (Å²) in [7, 11) is 3.10. The predicted octanol–water partition coefficient (Wildman–Crippen LogP) is 2.31. The number of aryl methyl sites for hydroxylation is 1. The number of anilines is 1. The molecule has 7 nitrogen and oxygen atoms in total. The third-order valence-corrected chi connectivity index (χ3v) is 3.41. The summed E-state index contributed by atoms with van der Waals surface area (Å²) in [6, 6.07) is 8.61. The van der Waals surface area contributed by atoms with Gasteiger partial charge in [0, 0.05) is 23.5 Å². The fourth-order valence-electron chi connectivity index (χ4n) is 2.29. The van der Waals surface area contributed by atoms with Crippen LogP contribution in [0.25, 0.3) is 5.65 Å². The molecule has 3 aromatic rings. The molecule has 0 aliphatic carbocycles. The molecule has 118 valence electrons. The second kappa shape index (κ2) is 5.96. The summed E-state index contributed by atoms with van der Waals surface area (Å²) in [4.78, 5) is 16.7. The highest BCUT2D eigenvalue weighted by Crippen LogP contribution is 2.29. The average molecular weight is 312 g/mol. The van der Waals surface area contributed by atoms with Gasteiger partial charge in [-0.25, -0.2) is 9.50 Å². The predicted molar refractivity (Wildman–Crippen MR) is 85.2 cm³/mol. The van der Waals surface area contributed by atoms with Gasteiger partial charge in [0.15, 0.2) is 17.1 Å². The molecule has 0 aliphatic rings. The van der Waals surface area contributed by atoms with E-state index in [2.05, 4.69) is 15.4 Å². The molecular weight excluding hydrogens is 296 g/mol. The van der Waals surface area contributed by atoms with Gasteiger partial charge in [0.25, 0.3) is 5.91 Å². The van der Waals surface area contributed by atoms with E-state index in [1.807, 2.05) is 6.92 Å². The Labute approximate surface area is 132 Å². The number of nitrogens with one attached hydrogen (secondary N) is 1. The van der Waals surface area contributed by atoms with Crippen LogP contribution < -0.4 is 14.8 Å². The van der Waals surface area contributed by atoms with E-state index in [0.29, 0.717) is 28.5 Å². The first-order valence-electron chi connectivity index (χ1n) is 6.97. The van der Waals surface area contributed by atoms with Crippen molar-refractivity contribution < 1.29 is 14.3 Å². The van der Waals surface area contributed by atoms with Crippen molar-refractivity contribution in [3.63, 3.8) is 0 Å². The lowest BCUT2D eigenvalue weighted by Gasteiger charge is -2.10. The lowest BCUT2D eigenvalue weighted by molar-refractivity contribution is 0.102. The SMILES string of the molecule is COc1ccc(NC(=O)c2cc(C)n3nccc3n2)cc1OC. The number of carbonyl (C=O) groups excluding carboxylic acids is 1. The third kappa shape index (κ3) is 2.80. The first-order valence-corrected chi connectivity index (χ1v) is 6.97. The molecule has 0 spiro atoms. The molecule has 0 bridgehead atoms. The number of rotatable bonds is 4. The number of benzene rings is 1. The second-order valence-electron chi connectivity index (χ2n) is 4.91. The molecule has 0 atom stereocenters. The monoisotopic (exact) mass is 312 g/mol. The maximum absolute atomic E-state index is 12.4. The maximum Gasteiger partial charge on any atom is 0.274 e. The van der Waals surface area contributed by atoms with Gasteiger partial charge in [-0.2, -0.15) is 5.10 Å². The van der Waals surface area contributed by atoms with Crippen molar-refractivity contribution in [2.45, 2.75) is 6.92 Å². The summed E-state index contributed by atoms with van der Waals surface area (Å²) in [6.45, 7) is 1.87. The van der Waals surface area contributed by atoms with E-state index in [9.17, 15) is 4.79 Å². The average Bonchev–Trinajstić information content (AvgIpc) is 3.03. The molecule has 3 rings (SSSR count). The number of ether oxygens (including phenoxy) is 2. The van der Waals surface area contributed by atoms with Crippen molar-refractivity contribution in [1.29, 1.82) is 0 Å². The molecule has 0 saturated carbocycles. The normalized spacial score (nSPS) is 10.6. The molecular formula is C16H16N4O3. The van der Waals surface area contributed by atoms with E-state index >= 15 is 0 Å². The van der Waals surface area contributed by atoms with Crippen LogP contribution in [0.3, 0.4) is 0 Å². The lowest BCUT2D eigenvalue weighted by atomic mass is 10.2. The van der Waals surface area contributed by atoms with Crippen LogP contribution >= 0.6 is 0 Å². The number of fused-ring (bicyclic) bond motifs is 1. The Bertz CT molecular complexity index is 873. The van der Waals surface area contributed by atoms with Crippen molar-refractivity contribution >= 4 is 17.2 Å². The van der Waals surface area contributed by atoms with Crippen LogP contribution in [0, 0.1) is 6.92 Å². The Morgan fingerprint density at radius 3 is 2.65 bits per heavy atom. The summed E-state index contributed by atoms with van der Waals surface area (Å²) < 4.78 is 12.1. The van der Waals surface area contributed by atoms with Gasteiger partial charge in [-0.1, -0.05) is 0 Å². The summed E-state index contributed by atoms with van der Waals surface area (Å²) in [5, 5.41) is 6.94. The van der Waals surface area contributed by atoms with Crippen LogP contribution in [0.15, 0.2) is 36.5 Å². The Morgan fingerprint density at radius 2 is 1.91 bits per heavy atom. The van der Waals surface area contributed by atoms with E-state index in [4.69, 9.17) is 9.47 Å². The molecule has 0 saturated heterocycles. The summed E-state index contributed by atoms with van der Waals surface area (Å²) in [5.74, 6) is 0.838. The van der Waals surface area contributed by atoms with Crippen LogP contribution in [0.2, 0.25) is 0 Å². The highest BCUT2D eigenvalue weighted by Gasteiger charge is 2.12. The first kappa shape index (κ1) is 14.8. The van der Waals surface area contributed by atoms with Crippen molar-refractivity contribution in [2.24, 2.45) is 0 Å². The van der Waals surface area contributed by atoms with Crippen molar-refractivity contribution in [1.82, 2.24) is 14.6 Å². The van der Waals surface area contributed by atoms with E-state index in [0.717, 1.165) is 5.69 Å². The second-order valence-corrected chi connectivity index (χ2v) is 4.91. The number of aromatic nitrogens is 3. The fraction of sp³-hybridized carbons (Fsp3) is 0.188. The van der Waals surface area contributed by atoms with Crippen molar-refractivity contribution in [3.05, 3.63) is 47.9 Å². The number of hydrogen-bond acceptors (Lipinski definition) is 5. The van der Waals surface area contributed by atoms with Crippen LogP contribution in [0.5, 0.6) is 11.5 Å². The van der Waals surface area contributed by atoms with Crippen molar-refractivity contribution in [2.75, 3.05) is 19.5 Å². The molecule has 1 N–H and O–H groups in total. The summed E-state index contributed by atoms with van der Waals surface area (Å²) in [6.07, 6.45) is 1.64. The minimum Gasteiger partial charge on any atom is -0.493 e. The van der Waals surface area contributed by atoms with Gasteiger partial charge in [-0.05, 0) is 25.1 Å². The van der Waals surface area contributed by atoms with E-state index in [-0.39, 0.29) is 5.91 Å². The van der Waals surface area contributed by atoms with E-state index < -0.39 is 0 Å². The number of carbonyl (C=O) groups is 1. The summed E-state index contributed by atoms with van der Waals surface area (Å²) >= 11 is 0. The zero-order chi connectivity index (χ0) is 16.4. The summed E-state index contributed by atoms with van der Waals surface area (Å²) in [5.41, 5.74) is 2.38. The molecule has 1 aromatic carbocycles. The van der Waals surface area contributed by atoms with Crippen LogP contribution in [0.4, 0.5) is 5.69 Å². The molecule has 0 fully saturated rings.